The number of carbonyl (C=O) groups excluding carboxylic acids is 2. The van der Waals surface area contributed by atoms with E-state index >= 15 is 0 Å². The molecule has 5 heteroatoms. The molecule has 70 valence electrons. The molecule has 0 spiro atoms. The van der Waals surface area contributed by atoms with Crippen molar-refractivity contribution in [2.24, 2.45) is 5.73 Å². The van der Waals surface area contributed by atoms with E-state index in [1.165, 1.54) is 4.68 Å². The summed E-state index contributed by atoms with van der Waals surface area (Å²) in [6, 6.07) is 3.66. The van der Waals surface area contributed by atoms with E-state index in [4.69, 9.17) is 5.73 Å². The Balaban J connectivity index is 2.85. The summed E-state index contributed by atoms with van der Waals surface area (Å²) in [4.78, 5) is 21.4. The molecule has 3 N–H and O–H groups in total. The zero-order valence-electron chi connectivity index (χ0n) is 7.50. The average molecular weight is 181 g/mol. The van der Waals surface area contributed by atoms with Crippen molar-refractivity contribution < 1.29 is 9.59 Å². The molecule has 1 rings (SSSR count). The van der Waals surface area contributed by atoms with E-state index in [2.05, 4.69) is 5.43 Å². The van der Waals surface area contributed by atoms with Crippen molar-refractivity contribution in [2.75, 3.05) is 5.43 Å². The summed E-state index contributed by atoms with van der Waals surface area (Å²) >= 11 is 0. The van der Waals surface area contributed by atoms with Gasteiger partial charge in [-0.2, -0.15) is 0 Å². The van der Waals surface area contributed by atoms with Crippen LogP contribution < -0.4 is 11.2 Å². The van der Waals surface area contributed by atoms with Crippen molar-refractivity contribution in [1.82, 2.24) is 4.68 Å². The number of hydrogen-bond acceptors (Lipinski definition) is 2. The van der Waals surface area contributed by atoms with Gasteiger partial charge < -0.3 is 5.73 Å². The van der Waals surface area contributed by atoms with E-state index in [0.717, 1.165) is 11.4 Å². The molecule has 13 heavy (non-hydrogen) atoms. The zero-order valence-corrected chi connectivity index (χ0v) is 7.50. The van der Waals surface area contributed by atoms with Gasteiger partial charge in [-0.25, -0.2) is 0 Å². The molecule has 2 amide bonds. The van der Waals surface area contributed by atoms with Gasteiger partial charge in [-0.3, -0.25) is 19.7 Å². The highest BCUT2D eigenvalue weighted by molar-refractivity contribution is 6.37. The predicted molar refractivity (Wildman–Crippen MR) is 47.5 cm³/mol. The highest BCUT2D eigenvalue weighted by Crippen LogP contribution is 2.03. The fourth-order valence-electron chi connectivity index (χ4n) is 1.00. The Hall–Kier alpha value is -1.78. The van der Waals surface area contributed by atoms with Crippen LogP contribution in [0, 0.1) is 13.8 Å². The topological polar surface area (TPSA) is 77.1 Å². The first-order chi connectivity index (χ1) is 6.02. The van der Waals surface area contributed by atoms with Gasteiger partial charge >= 0.3 is 11.8 Å². The highest BCUT2D eigenvalue weighted by atomic mass is 16.2. The molecular formula is C8H11N3O2. The summed E-state index contributed by atoms with van der Waals surface area (Å²) in [5.74, 6) is -1.81. The van der Waals surface area contributed by atoms with Crippen molar-refractivity contribution >= 4 is 11.8 Å². The van der Waals surface area contributed by atoms with Crippen molar-refractivity contribution in [2.45, 2.75) is 13.8 Å². The summed E-state index contributed by atoms with van der Waals surface area (Å²) in [6.45, 7) is 3.63. The quantitative estimate of drug-likeness (QED) is 0.581. The first-order valence-corrected chi connectivity index (χ1v) is 3.78. The summed E-state index contributed by atoms with van der Waals surface area (Å²) in [5, 5.41) is 0. The van der Waals surface area contributed by atoms with Crippen LogP contribution in [0.4, 0.5) is 0 Å². The Morgan fingerprint density at radius 2 is 1.77 bits per heavy atom. The van der Waals surface area contributed by atoms with Crippen molar-refractivity contribution in [1.29, 1.82) is 0 Å². The molecule has 1 aromatic heterocycles. The smallest absolute Gasteiger partial charge is 0.327 e. The zero-order chi connectivity index (χ0) is 10.0. The van der Waals surface area contributed by atoms with Gasteiger partial charge in [0.1, 0.15) is 0 Å². The lowest BCUT2D eigenvalue weighted by molar-refractivity contribution is -0.134. The van der Waals surface area contributed by atoms with Gasteiger partial charge in [0.15, 0.2) is 0 Å². The number of carbonyl (C=O) groups is 2. The number of hydrogen-bond donors (Lipinski definition) is 2. The third kappa shape index (κ3) is 1.87. The standard InChI is InChI=1S/C8H11N3O2/c1-5-3-4-6(2)11(5)10-8(13)7(9)12/h3-4H,1-2H3,(H2,9,12)(H,10,13). The fourth-order valence-corrected chi connectivity index (χ4v) is 1.00. The molecule has 0 atom stereocenters. The third-order valence-corrected chi connectivity index (χ3v) is 1.71. The lowest BCUT2D eigenvalue weighted by Gasteiger charge is -2.08. The first kappa shape index (κ1) is 9.31. The number of nitrogens with two attached hydrogens (primary N) is 1. The summed E-state index contributed by atoms with van der Waals surface area (Å²) < 4.78 is 1.51. The monoisotopic (exact) mass is 181 g/mol. The summed E-state index contributed by atoms with van der Waals surface area (Å²) in [7, 11) is 0. The molecule has 0 aliphatic heterocycles. The number of amides is 2. The van der Waals surface area contributed by atoms with Gasteiger partial charge in [0.25, 0.3) is 0 Å². The predicted octanol–water partition coefficient (Wildman–Crippen LogP) is -0.340. The van der Waals surface area contributed by atoms with Crippen LogP contribution in [-0.2, 0) is 9.59 Å². The van der Waals surface area contributed by atoms with E-state index < -0.39 is 11.8 Å². The van der Waals surface area contributed by atoms with Crippen LogP contribution in [0.15, 0.2) is 12.1 Å². The average Bonchev–Trinajstić information content (AvgIpc) is 2.35. The molecule has 0 aliphatic carbocycles. The minimum absolute atomic E-state index is 0.817. The van der Waals surface area contributed by atoms with Gasteiger partial charge in [0.05, 0.1) is 0 Å². The highest BCUT2D eigenvalue weighted by Gasteiger charge is 2.10. The lowest BCUT2D eigenvalue weighted by Crippen LogP contribution is -2.35. The molecule has 0 aliphatic rings. The Kier molecular flexibility index (Phi) is 2.36. The molecule has 0 saturated heterocycles. The van der Waals surface area contributed by atoms with Gasteiger partial charge in [0, 0.05) is 11.4 Å². The van der Waals surface area contributed by atoms with Crippen LogP contribution >= 0.6 is 0 Å². The lowest BCUT2D eigenvalue weighted by atomic mass is 10.5. The number of aryl methyl sites for hydroxylation is 2. The first-order valence-electron chi connectivity index (χ1n) is 3.78. The second-order valence-electron chi connectivity index (χ2n) is 2.76. The Bertz CT molecular complexity index is 335. The van der Waals surface area contributed by atoms with Crippen LogP contribution in [0.1, 0.15) is 11.4 Å². The third-order valence-electron chi connectivity index (χ3n) is 1.71. The van der Waals surface area contributed by atoms with Crippen LogP contribution in [0.3, 0.4) is 0 Å². The minimum atomic E-state index is -0.993. The maximum Gasteiger partial charge on any atom is 0.327 e. The van der Waals surface area contributed by atoms with Gasteiger partial charge in [-0.15, -0.1) is 0 Å². The number of rotatable bonds is 1. The molecule has 0 saturated carbocycles. The largest absolute Gasteiger partial charge is 0.361 e. The molecule has 5 nitrogen and oxygen atoms in total. The molecular weight excluding hydrogens is 170 g/mol. The Morgan fingerprint density at radius 1 is 1.31 bits per heavy atom. The molecule has 0 bridgehead atoms. The minimum Gasteiger partial charge on any atom is -0.361 e. The summed E-state index contributed by atoms with van der Waals surface area (Å²) in [5.41, 5.74) is 8.83. The Labute approximate surface area is 75.5 Å². The maximum absolute atomic E-state index is 10.9. The molecule has 1 aromatic rings. The molecule has 0 unspecified atom stereocenters. The van der Waals surface area contributed by atoms with Gasteiger partial charge in [-0.05, 0) is 26.0 Å². The Morgan fingerprint density at radius 3 is 2.15 bits per heavy atom. The molecule has 0 radical (unpaired) electrons. The van der Waals surface area contributed by atoms with Crippen molar-refractivity contribution in [3.63, 3.8) is 0 Å². The molecule has 0 aromatic carbocycles. The number of nitrogens with one attached hydrogen (secondary N) is 1. The van der Waals surface area contributed by atoms with Crippen molar-refractivity contribution in [3.05, 3.63) is 23.5 Å². The molecule has 1 heterocycles. The second-order valence-corrected chi connectivity index (χ2v) is 2.76. The molecule has 0 fully saturated rings. The van der Waals surface area contributed by atoms with Crippen molar-refractivity contribution in [3.8, 4) is 0 Å². The SMILES string of the molecule is Cc1ccc(C)n1NC(=O)C(N)=O. The van der Waals surface area contributed by atoms with Gasteiger partial charge in [0.2, 0.25) is 0 Å². The number of primary amides is 1. The van der Waals surface area contributed by atoms with E-state index in [9.17, 15) is 9.59 Å². The van der Waals surface area contributed by atoms with Gasteiger partial charge in [-0.1, -0.05) is 0 Å². The van der Waals surface area contributed by atoms with Crippen LogP contribution in [-0.4, -0.2) is 16.5 Å². The van der Waals surface area contributed by atoms with Crippen LogP contribution in [0.25, 0.3) is 0 Å². The maximum atomic E-state index is 10.9. The number of aromatic nitrogens is 1. The van der Waals surface area contributed by atoms with Crippen LogP contribution in [0.5, 0.6) is 0 Å². The normalized spacial score (nSPS) is 9.69. The number of nitrogens with zero attached hydrogens (tertiary/aromatic N) is 1. The second kappa shape index (κ2) is 3.30. The fraction of sp³-hybridized carbons (Fsp3) is 0.250. The van der Waals surface area contributed by atoms with E-state index in [-0.39, 0.29) is 0 Å². The summed E-state index contributed by atoms with van der Waals surface area (Å²) in [6.07, 6.45) is 0. The van der Waals surface area contributed by atoms with E-state index in [0.29, 0.717) is 0 Å². The van der Waals surface area contributed by atoms with E-state index in [1.54, 1.807) is 0 Å². The van der Waals surface area contributed by atoms with Crippen LogP contribution in [0.2, 0.25) is 0 Å². The van der Waals surface area contributed by atoms with E-state index in [1.807, 2.05) is 26.0 Å².